The summed E-state index contributed by atoms with van der Waals surface area (Å²) in [6.07, 6.45) is 0. The molecule has 0 saturated heterocycles. The van der Waals surface area contributed by atoms with Crippen molar-refractivity contribution in [3.05, 3.63) is 45.7 Å². The Bertz CT molecular complexity index is 357. The van der Waals surface area contributed by atoms with Gasteiger partial charge in [0.05, 0.1) is 4.58 Å². The van der Waals surface area contributed by atoms with Crippen LogP contribution in [0.15, 0.2) is 34.6 Å². The van der Waals surface area contributed by atoms with Crippen LogP contribution < -0.4 is 0 Å². The Kier molecular flexibility index (Phi) is 3.52. The molecule has 3 heteroatoms. The SMILES string of the molecule is Cc1ccccc1C1SC=C(CS)S1. The van der Waals surface area contributed by atoms with E-state index < -0.39 is 0 Å². The summed E-state index contributed by atoms with van der Waals surface area (Å²) >= 11 is 8.11. The smallest absolute Gasteiger partial charge is 0.0839 e. The second kappa shape index (κ2) is 4.69. The van der Waals surface area contributed by atoms with E-state index >= 15 is 0 Å². The zero-order valence-electron chi connectivity index (χ0n) is 7.93. The summed E-state index contributed by atoms with van der Waals surface area (Å²) < 4.78 is 0.540. The van der Waals surface area contributed by atoms with Gasteiger partial charge in [-0.15, -0.1) is 23.5 Å². The number of hydrogen-bond donors (Lipinski definition) is 1. The van der Waals surface area contributed by atoms with Crippen molar-refractivity contribution in [2.45, 2.75) is 11.5 Å². The maximum Gasteiger partial charge on any atom is 0.0839 e. The van der Waals surface area contributed by atoms with Gasteiger partial charge in [-0.2, -0.15) is 12.6 Å². The Balaban J connectivity index is 2.16. The van der Waals surface area contributed by atoms with Gasteiger partial charge in [0.1, 0.15) is 0 Å². The third-order valence-corrected chi connectivity index (χ3v) is 5.46. The van der Waals surface area contributed by atoms with Crippen LogP contribution in [0.1, 0.15) is 15.7 Å². The molecule has 1 atom stereocenters. The fourth-order valence-electron chi connectivity index (χ4n) is 1.39. The molecule has 0 radical (unpaired) electrons. The first kappa shape index (κ1) is 10.5. The summed E-state index contributed by atoms with van der Waals surface area (Å²) in [6.45, 7) is 2.18. The van der Waals surface area contributed by atoms with Crippen LogP contribution in [0.25, 0.3) is 0 Å². The molecule has 1 aliphatic rings. The lowest BCUT2D eigenvalue weighted by atomic mass is 10.1. The number of hydrogen-bond acceptors (Lipinski definition) is 3. The van der Waals surface area contributed by atoms with Gasteiger partial charge in [-0.1, -0.05) is 24.3 Å². The summed E-state index contributed by atoms with van der Waals surface area (Å²) in [6, 6.07) is 8.60. The van der Waals surface area contributed by atoms with E-state index in [9.17, 15) is 0 Å². The maximum absolute atomic E-state index is 4.29. The van der Waals surface area contributed by atoms with Crippen molar-refractivity contribution >= 4 is 36.2 Å². The van der Waals surface area contributed by atoms with E-state index in [4.69, 9.17) is 0 Å². The van der Waals surface area contributed by atoms with E-state index in [1.807, 2.05) is 23.5 Å². The fourth-order valence-corrected chi connectivity index (χ4v) is 4.49. The first-order valence-electron chi connectivity index (χ1n) is 4.49. The van der Waals surface area contributed by atoms with Crippen molar-refractivity contribution in [3.63, 3.8) is 0 Å². The third-order valence-electron chi connectivity index (χ3n) is 2.18. The highest BCUT2D eigenvalue weighted by molar-refractivity contribution is 8.22. The van der Waals surface area contributed by atoms with Crippen molar-refractivity contribution in [1.29, 1.82) is 0 Å². The zero-order valence-corrected chi connectivity index (χ0v) is 10.5. The average molecular weight is 240 g/mol. The maximum atomic E-state index is 4.29. The molecule has 0 nitrogen and oxygen atoms in total. The van der Waals surface area contributed by atoms with E-state index in [2.05, 4.69) is 49.2 Å². The number of thiol groups is 1. The van der Waals surface area contributed by atoms with Gasteiger partial charge in [-0.3, -0.25) is 0 Å². The van der Waals surface area contributed by atoms with Gasteiger partial charge in [-0.25, -0.2) is 0 Å². The molecule has 0 saturated carbocycles. The number of thioether (sulfide) groups is 2. The van der Waals surface area contributed by atoms with Crippen LogP contribution in [0.2, 0.25) is 0 Å². The van der Waals surface area contributed by atoms with E-state index in [0.717, 1.165) is 5.75 Å². The van der Waals surface area contributed by atoms with Gasteiger partial charge < -0.3 is 0 Å². The Morgan fingerprint density at radius 1 is 1.36 bits per heavy atom. The van der Waals surface area contributed by atoms with Crippen molar-refractivity contribution in [3.8, 4) is 0 Å². The highest BCUT2D eigenvalue weighted by Gasteiger charge is 2.20. The Labute approximate surface area is 99.0 Å². The average Bonchev–Trinajstić information content (AvgIpc) is 2.67. The van der Waals surface area contributed by atoms with Gasteiger partial charge in [0.2, 0.25) is 0 Å². The van der Waals surface area contributed by atoms with Crippen LogP contribution in [0.5, 0.6) is 0 Å². The van der Waals surface area contributed by atoms with Crippen LogP contribution >= 0.6 is 36.2 Å². The fraction of sp³-hybridized carbons (Fsp3) is 0.273. The van der Waals surface area contributed by atoms with Gasteiger partial charge in [0.25, 0.3) is 0 Å². The summed E-state index contributed by atoms with van der Waals surface area (Å²) in [5.41, 5.74) is 2.82. The molecule has 0 bridgehead atoms. The molecule has 1 unspecified atom stereocenters. The highest BCUT2D eigenvalue weighted by atomic mass is 32.2. The highest BCUT2D eigenvalue weighted by Crippen LogP contribution is 2.51. The minimum absolute atomic E-state index is 0.540. The molecule has 0 N–H and O–H groups in total. The van der Waals surface area contributed by atoms with Crippen LogP contribution in [-0.2, 0) is 0 Å². The molecule has 1 aromatic carbocycles. The summed E-state index contributed by atoms with van der Waals surface area (Å²) in [7, 11) is 0. The van der Waals surface area contributed by atoms with Crippen LogP contribution in [-0.4, -0.2) is 5.75 Å². The quantitative estimate of drug-likeness (QED) is 0.768. The Morgan fingerprint density at radius 2 is 2.14 bits per heavy atom. The van der Waals surface area contributed by atoms with Gasteiger partial charge >= 0.3 is 0 Å². The van der Waals surface area contributed by atoms with E-state index in [-0.39, 0.29) is 0 Å². The van der Waals surface area contributed by atoms with E-state index in [1.165, 1.54) is 16.0 Å². The number of rotatable bonds is 2. The van der Waals surface area contributed by atoms with E-state index in [0.29, 0.717) is 4.58 Å². The van der Waals surface area contributed by atoms with Crippen molar-refractivity contribution in [1.82, 2.24) is 0 Å². The molecule has 0 aromatic heterocycles. The second-order valence-electron chi connectivity index (χ2n) is 3.18. The molecular weight excluding hydrogens is 228 g/mol. The van der Waals surface area contributed by atoms with Gasteiger partial charge in [0, 0.05) is 10.7 Å². The lowest BCUT2D eigenvalue weighted by Gasteiger charge is -2.11. The second-order valence-corrected chi connectivity index (χ2v) is 6.01. The molecule has 0 fully saturated rings. The molecule has 14 heavy (non-hydrogen) atoms. The molecule has 0 spiro atoms. The van der Waals surface area contributed by atoms with Crippen molar-refractivity contribution < 1.29 is 0 Å². The predicted molar refractivity (Wildman–Crippen MR) is 71.0 cm³/mol. The topological polar surface area (TPSA) is 0 Å². The van der Waals surface area contributed by atoms with Crippen LogP contribution in [0.4, 0.5) is 0 Å². The predicted octanol–water partition coefficient (Wildman–Crippen LogP) is 4.24. The third kappa shape index (κ3) is 2.15. The molecule has 1 aromatic rings. The molecule has 1 heterocycles. The number of aryl methyl sites for hydroxylation is 1. The van der Waals surface area contributed by atoms with Gasteiger partial charge in [-0.05, 0) is 23.5 Å². The summed E-state index contributed by atoms with van der Waals surface area (Å²) in [5, 5.41) is 2.23. The first-order valence-corrected chi connectivity index (χ1v) is 6.94. The van der Waals surface area contributed by atoms with Crippen molar-refractivity contribution in [2.75, 3.05) is 5.75 Å². The minimum atomic E-state index is 0.540. The lowest BCUT2D eigenvalue weighted by molar-refractivity contribution is 1.29. The molecular formula is C11H12S3. The largest absolute Gasteiger partial charge is 0.174 e. The molecule has 0 amide bonds. The van der Waals surface area contributed by atoms with Crippen LogP contribution in [0, 0.1) is 6.92 Å². The normalized spacial score (nSPS) is 21.0. The summed E-state index contributed by atoms with van der Waals surface area (Å²) in [4.78, 5) is 1.38. The molecule has 1 aliphatic heterocycles. The monoisotopic (exact) mass is 240 g/mol. The zero-order chi connectivity index (χ0) is 9.97. The Hall–Kier alpha value is 0.01000. The Morgan fingerprint density at radius 3 is 2.79 bits per heavy atom. The standard InChI is InChI=1S/C11H12S3/c1-8-4-2-3-5-10(8)11-13-7-9(6-12)14-11/h2-5,7,11-12H,6H2,1H3. The minimum Gasteiger partial charge on any atom is -0.174 e. The number of benzene rings is 1. The molecule has 2 rings (SSSR count). The molecule has 74 valence electrons. The lowest BCUT2D eigenvalue weighted by Crippen LogP contribution is -1.89. The van der Waals surface area contributed by atoms with Crippen LogP contribution in [0.3, 0.4) is 0 Å². The van der Waals surface area contributed by atoms with Crippen molar-refractivity contribution in [2.24, 2.45) is 0 Å². The first-order chi connectivity index (χ1) is 6.81. The van der Waals surface area contributed by atoms with E-state index in [1.54, 1.807) is 0 Å². The van der Waals surface area contributed by atoms with Gasteiger partial charge in [0.15, 0.2) is 0 Å². The molecule has 0 aliphatic carbocycles. The summed E-state index contributed by atoms with van der Waals surface area (Å²) in [5.74, 6) is 0.861.